The molecule has 1 N–H and O–H groups in total. The number of aromatic nitrogens is 3. The van der Waals surface area contributed by atoms with Crippen LogP contribution in [0.5, 0.6) is 5.75 Å². The number of alkyl halides is 2. The molecule has 3 aromatic rings. The highest BCUT2D eigenvalue weighted by Crippen LogP contribution is 2.19. The highest BCUT2D eigenvalue weighted by Gasteiger charge is 2.09. The van der Waals surface area contributed by atoms with Crippen LogP contribution >= 0.6 is 15.9 Å². The van der Waals surface area contributed by atoms with Gasteiger partial charge in [0.2, 0.25) is 5.91 Å². The minimum absolute atomic E-state index is 0.0273. The predicted molar refractivity (Wildman–Crippen MR) is 86.9 cm³/mol. The largest absolute Gasteiger partial charge is 0.435 e. The average Bonchev–Trinajstić information content (AvgIpc) is 2.91. The molecular weight excluding hydrogens is 386 g/mol. The van der Waals surface area contributed by atoms with Crippen LogP contribution in [0.3, 0.4) is 0 Å². The minimum Gasteiger partial charge on any atom is -0.435 e. The molecule has 0 fully saturated rings. The highest BCUT2D eigenvalue weighted by molar-refractivity contribution is 9.10. The summed E-state index contributed by atoms with van der Waals surface area (Å²) < 4.78 is 30.9. The first-order valence-electron chi connectivity index (χ1n) is 6.82. The molecule has 24 heavy (non-hydrogen) atoms. The van der Waals surface area contributed by atoms with Crippen molar-refractivity contribution in [1.82, 2.24) is 14.5 Å². The molecule has 2 heterocycles. The first-order valence-corrected chi connectivity index (χ1v) is 7.61. The lowest BCUT2D eigenvalue weighted by Crippen LogP contribution is -2.18. The normalized spacial score (nSPS) is 11.0. The third kappa shape index (κ3) is 3.85. The lowest BCUT2D eigenvalue weighted by Gasteiger charge is -2.08. The highest BCUT2D eigenvalue weighted by atomic mass is 79.9. The van der Waals surface area contributed by atoms with E-state index in [-0.39, 0.29) is 18.2 Å². The summed E-state index contributed by atoms with van der Waals surface area (Å²) in [6, 6.07) is 7.50. The zero-order valence-electron chi connectivity index (χ0n) is 12.1. The first-order chi connectivity index (χ1) is 11.5. The second-order valence-electron chi connectivity index (χ2n) is 4.82. The van der Waals surface area contributed by atoms with Crippen LogP contribution < -0.4 is 10.1 Å². The predicted octanol–water partition coefficient (Wildman–Crippen LogP) is 3.43. The summed E-state index contributed by atoms with van der Waals surface area (Å²) >= 11 is 3.33. The number of imidazole rings is 1. The van der Waals surface area contributed by atoms with Gasteiger partial charge in [0.25, 0.3) is 0 Å². The Bertz CT molecular complexity index is 868. The van der Waals surface area contributed by atoms with E-state index in [2.05, 4.69) is 36.0 Å². The second kappa shape index (κ2) is 6.91. The van der Waals surface area contributed by atoms with Gasteiger partial charge < -0.3 is 14.6 Å². The maximum Gasteiger partial charge on any atom is 0.387 e. The monoisotopic (exact) mass is 396 g/mol. The third-order valence-corrected chi connectivity index (χ3v) is 3.55. The fourth-order valence-corrected chi connectivity index (χ4v) is 2.44. The summed E-state index contributed by atoms with van der Waals surface area (Å²) in [5, 5.41) is 2.68. The molecule has 0 unspecified atom stereocenters. The zero-order valence-corrected chi connectivity index (χ0v) is 13.7. The van der Waals surface area contributed by atoms with E-state index < -0.39 is 6.61 Å². The number of ether oxygens (including phenoxy) is 1. The van der Waals surface area contributed by atoms with Crippen molar-refractivity contribution in [3.8, 4) is 5.75 Å². The number of carbonyl (C=O) groups excluding carboxylic acids is 1. The van der Waals surface area contributed by atoms with Crippen molar-refractivity contribution in [3.63, 3.8) is 0 Å². The van der Waals surface area contributed by atoms with Crippen LogP contribution in [0.25, 0.3) is 11.2 Å². The first kappa shape index (κ1) is 16.3. The van der Waals surface area contributed by atoms with E-state index >= 15 is 0 Å². The lowest BCUT2D eigenvalue weighted by molar-refractivity contribution is -0.116. The van der Waals surface area contributed by atoms with Crippen molar-refractivity contribution in [2.75, 3.05) is 5.32 Å². The van der Waals surface area contributed by atoms with Gasteiger partial charge in [-0.3, -0.25) is 4.79 Å². The van der Waals surface area contributed by atoms with Crippen LogP contribution in [0.2, 0.25) is 0 Å². The summed E-state index contributed by atoms with van der Waals surface area (Å²) in [6.07, 6.45) is 3.16. The molecule has 1 amide bonds. The van der Waals surface area contributed by atoms with Gasteiger partial charge in [0.15, 0.2) is 5.65 Å². The number of hydrogen-bond donors (Lipinski definition) is 1. The van der Waals surface area contributed by atoms with Crippen molar-refractivity contribution in [2.24, 2.45) is 0 Å². The smallest absolute Gasteiger partial charge is 0.387 e. The molecule has 0 saturated heterocycles. The van der Waals surface area contributed by atoms with E-state index in [0.717, 1.165) is 9.99 Å². The van der Waals surface area contributed by atoms with E-state index in [4.69, 9.17) is 0 Å². The van der Waals surface area contributed by atoms with E-state index in [1.807, 2.05) is 6.07 Å². The van der Waals surface area contributed by atoms with Crippen molar-refractivity contribution >= 4 is 38.7 Å². The SMILES string of the molecule is O=C(Cn1cnc2ncc(Br)cc21)Nc1ccc(OC(F)F)cc1. The van der Waals surface area contributed by atoms with Crippen LogP contribution in [-0.4, -0.2) is 27.1 Å². The fraction of sp³-hybridized carbons (Fsp3) is 0.133. The summed E-state index contributed by atoms with van der Waals surface area (Å²) in [5.74, 6) is -0.253. The van der Waals surface area contributed by atoms with Gasteiger partial charge in [-0.15, -0.1) is 0 Å². The Morgan fingerprint density at radius 2 is 2.04 bits per heavy atom. The van der Waals surface area contributed by atoms with Crippen LogP contribution in [0, 0.1) is 0 Å². The van der Waals surface area contributed by atoms with E-state index in [1.165, 1.54) is 30.6 Å². The number of anilines is 1. The standard InChI is InChI=1S/C15H11BrF2N4O2/c16-9-5-12-14(19-6-9)20-8-22(12)7-13(23)21-10-1-3-11(4-2-10)24-15(17)18/h1-6,8,15H,7H2,(H,21,23). The lowest BCUT2D eigenvalue weighted by atomic mass is 10.3. The minimum atomic E-state index is -2.88. The molecule has 124 valence electrons. The molecule has 0 spiro atoms. The summed E-state index contributed by atoms with van der Waals surface area (Å²) in [7, 11) is 0. The third-order valence-electron chi connectivity index (χ3n) is 3.12. The number of rotatable bonds is 5. The quantitative estimate of drug-likeness (QED) is 0.717. The molecule has 0 bridgehead atoms. The number of nitrogens with zero attached hydrogens (tertiary/aromatic N) is 3. The molecule has 9 heteroatoms. The number of pyridine rings is 1. The van der Waals surface area contributed by atoms with Crippen LogP contribution in [0.4, 0.5) is 14.5 Å². The van der Waals surface area contributed by atoms with Gasteiger partial charge in [0.1, 0.15) is 12.3 Å². The molecule has 0 aliphatic rings. The Morgan fingerprint density at radius 1 is 1.29 bits per heavy atom. The van der Waals surface area contributed by atoms with Gasteiger partial charge in [0, 0.05) is 16.4 Å². The number of amides is 1. The molecule has 0 aliphatic carbocycles. The van der Waals surface area contributed by atoms with Gasteiger partial charge in [-0.1, -0.05) is 0 Å². The van der Waals surface area contributed by atoms with Crippen molar-refractivity contribution in [2.45, 2.75) is 13.2 Å². The maximum absolute atomic E-state index is 12.1. The Labute approximate surface area is 143 Å². The van der Waals surface area contributed by atoms with Crippen LogP contribution in [0.15, 0.2) is 47.3 Å². The van der Waals surface area contributed by atoms with Crippen LogP contribution in [-0.2, 0) is 11.3 Å². The fourth-order valence-electron chi connectivity index (χ4n) is 2.12. The second-order valence-corrected chi connectivity index (χ2v) is 5.74. The van der Waals surface area contributed by atoms with E-state index in [1.54, 1.807) is 10.8 Å². The molecule has 2 aromatic heterocycles. The maximum atomic E-state index is 12.1. The number of benzene rings is 1. The number of carbonyl (C=O) groups is 1. The molecular formula is C15H11BrF2N4O2. The van der Waals surface area contributed by atoms with Gasteiger partial charge in [0.05, 0.1) is 11.8 Å². The number of nitrogens with one attached hydrogen (secondary N) is 1. The Morgan fingerprint density at radius 3 is 2.75 bits per heavy atom. The molecule has 0 atom stereocenters. The molecule has 0 saturated carbocycles. The zero-order chi connectivity index (χ0) is 17.1. The van der Waals surface area contributed by atoms with E-state index in [9.17, 15) is 13.6 Å². The van der Waals surface area contributed by atoms with Crippen molar-refractivity contribution in [3.05, 3.63) is 47.3 Å². The van der Waals surface area contributed by atoms with Crippen molar-refractivity contribution < 1.29 is 18.3 Å². The van der Waals surface area contributed by atoms with Gasteiger partial charge in [-0.2, -0.15) is 8.78 Å². The summed E-state index contributed by atoms with van der Waals surface area (Å²) in [6.45, 7) is -2.84. The van der Waals surface area contributed by atoms with Gasteiger partial charge in [-0.25, -0.2) is 9.97 Å². The average molecular weight is 397 g/mol. The Hall–Kier alpha value is -2.55. The van der Waals surface area contributed by atoms with E-state index in [0.29, 0.717) is 11.3 Å². The number of halogens is 3. The van der Waals surface area contributed by atoms with Gasteiger partial charge >= 0.3 is 6.61 Å². The molecule has 1 aromatic carbocycles. The molecule has 0 aliphatic heterocycles. The number of hydrogen-bond acceptors (Lipinski definition) is 4. The van der Waals surface area contributed by atoms with Crippen molar-refractivity contribution in [1.29, 1.82) is 0 Å². The topological polar surface area (TPSA) is 69.0 Å². The Balaban J connectivity index is 1.67. The van der Waals surface area contributed by atoms with Crippen LogP contribution in [0.1, 0.15) is 0 Å². The molecule has 0 radical (unpaired) electrons. The van der Waals surface area contributed by atoms with Gasteiger partial charge in [-0.05, 0) is 46.3 Å². The molecule has 6 nitrogen and oxygen atoms in total. The molecule has 3 rings (SSSR count). The summed E-state index contributed by atoms with van der Waals surface area (Å²) in [4.78, 5) is 20.4. The summed E-state index contributed by atoms with van der Waals surface area (Å²) in [5.41, 5.74) is 1.74. The number of fused-ring (bicyclic) bond motifs is 1. The Kier molecular flexibility index (Phi) is 4.70.